The Hall–Kier alpha value is -1.27. The number of nitrogens with zero attached hydrogens (tertiary/aromatic N) is 3. The quantitative estimate of drug-likeness (QED) is 0.800. The summed E-state index contributed by atoms with van der Waals surface area (Å²) in [6.07, 6.45) is 7.11. The van der Waals surface area contributed by atoms with Gasteiger partial charge in [-0.15, -0.1) is 0 Å². The molecule has 1 aromatic heterocycles. The summed E-state index contributed by atoms with van der Waals surface area (Å²) in [6.45, 7) is 1.56. The number of anilines is 1. The van der Waals surface area contributed by atoms with Crippen LogP contribution < -0.4 is 10.6 Å². The van der Waals surface area contributed by atoms with E-state index in [4.69, 9.17) is 22.7 Å². The second kappa shape index (κ2) is 4.78. The molecule has 2 N–H and O–H groups in total. The summed E-state index contributed by atoms with van der Waals surface area (Å²) in [5.41, 5.74) is 6.35. The molecule has 1 saturated carbocycles. The summed E-state index contributed by atoms with van der Waals surface area (Å²) in [6, 6.07) is 0.392. The van der Waals surface area contributed by atoms with Crippen molar-refractivity contribution in [1.82, 2.24) is 9.97 Å². The lowest BCUT2D eigenvalue weighted by molar-refractivity contribution is 0.0253. The van der Waals surface area contributed by atoms with Gasteiger partial charge in [-0.2, -0.15) is 0 Å². The molecular formula is C12H16N4OS. The van der Waals surface area contributed by atoms with E-state index in [1.54, 1.807) is 12.4 Å². The molecule has 1 aliphatic carbocycles. The van der Waals surface area contributed by atoms with Crippen LogP contribution in [0.1, 0.15) is 25.0 Å². The largest absolute Gasteiger partial charge is 0.388 e. The van der Waals surface area contributed by atoms with Crippen LogP contribution in [0.5, 0.6) is 0 Å². The molecule has 0 amide bonds. The first-order valence-electron chi connectivity index (χ1n) is 6.26. The number of hydrogen-bond acceptors (Lipinski definition) is 5. The standard InChI is InChI=1S/C12H16N4OS/c13-11(18)10-12(15-5-4-14-10)16-6-7-17-9-3-1-2-8(9)16/h4-5,8-9H,1-3,6-7H2,(H2,13,18). The van der Waals surface area contributed by atoms with E-state index >= 15 is 0 Å². The lowest BCUT2D eigenvalue weighted by Crippen LogP contribution is -2.49. The predicted octanol–water partition coefficient (Wildman–Crippen LogP) is 0.868. The Balaban J connectivity index is 1.96. The lowest BCUT2D eigenvalue weighted by atomic mass is 10.1. The zero-order chi connectivity index (χ0) is 12.5. The number of morpholine rings is 1. The van der Waals surface area contributed by atoms with Crippen molar-refractivity contribution in [3.8, 4) is 0 Å². The third-order valence-electron chi connectivity index (χ3n) is 3.67. The molecule has 0 aromatic carbocycles. The normalized spacial score (nSPS) is 27.0. The van der Waals surface area contributed by atoms with Crippen LogP contribution in [-0.2, 0) is 4.74 Å². The average molecular weight is 264 g/mol. The van der Waals surface area contributed by atoms with E-state index in [1.807, 2.05) is 0 Å². The molecule has 5 nitrogen and oxygen atoms in total. The minimum Gasteiger partial charge on any atom is -0.388 e. The summed E-state index contributed by atoms with van der Waals surface area (Å²) in [4.78, 5) is 11.3. The number of ether oxygens (including phenoxy) is 1. The molecule has 2 fully saturated rings. The van der Waals surface area contributed by atoms with Gasteiger partial charge in [-0.05, 0) is 19.3 Å². The maximum atomic E-state index is 5.80. The molecule has 96 valence electrons. The van der Waals surface area contributed by atoms with E-state index in [-0.39, 0.29) is 0 Å². The molecule has 0 bridgehead atoms. The van der Waals surface area contributed by atoms with Crippen molar-refractivity contribution in [2.75, 3.05) is 18.1 Å². The van der Waals surface area contributed by atoms with Gasteiger partial charge in [0.1, 0.15) is 10.7 Å². The highest BCUT2D eigenvalue weighted by atomic mass is 32.1. The van der Waals surface area contributed by atoms with Crippen LogP contribution in [0.4, 0.5) is 5.82 Å². The predicted molar refractivity (Wildman–Crippen MR) is 72.6 cm³/mol. The van der Waals surface area contributed by atoms with Gasteiger partial charge < -0.3 is 15.4 Å². The van der Waals surface area contributed by atoms with Crippen molar-refractivity contribution in [3.05, 3.63) is 18.1 Å². The van der Waals surface area contributed by atoms with Gasteiger partial charge in [-0.1, -0.05) is 12.2 Å². The van der Waals surface area contributed by atoms with Crippen molar-refractivity contribution in [2.45, 2.75) is 31.4 Å². The zero-order valence-electron chi connectivity index (χ0n) is 10.1. The maximum Gasteiger partial charge on any atom is 0.158 e. The second-order valence-electron chi connectivity index (χ2n) is 4.69. The van der Waals surface area contributed by atoms with E-state index in [0.717, 1.165) is 31.8 Å². The molecule has 1 aliphatic heterocycles. The molecule has 0 radical (unpaired) electrons. The van der Waals surface area contributed by atoms with Gasteiger partial charge in [0.2, 0.25) is 0 Å². The first kappa shape index (κ1) is 11.8. The van der Waals surface area contributed by atoms with Crippen LogP contribution in [0, 0.1) is 0 Å². The lowest BCUT2D eigenvalue weighted by Gasteiger charge is -2.38. The second-order valence-corrected chi connectivity index (χ2v) is 5.13. The Morgan fingerprint density at radius 3 is 3.06 bits per heavy atom. The Morgan fingerprint density at radius 1 is 1.39 bits per heavy atom. The maximum absolute atomic E-state index is 5.80. The Morgan fingerprint density at radius 2 is 2.22 bits per heavy atom. The van der Waals surface area contributed by atoms with Crippen LogP contribution in [0.15, 0.2) is 12.4 Å². The minimum absolute atomic E-state index is 0.305. The number of fused-ring (bicyclic) bond motifs is 1. The fourth-order valence-electron chi connectivity index (χ4n) is 2.90. The Labute approximate surface area is 111 Å². The summed E-state index contributed by atoms with van der Waals surface area (Å²) < 4.78 is 5.80. The molecule has 1 aromatic rings. The SMILES string of the molecule is NC(=S)c1nccnc1N1CCOC2CCCC21. The van der Waals surface area contributed by atoms with Gasteiger partial charge in [0.05, 0.1) is 18.8 Å². The molecule has 18 heavy (non-hydrogen) atoms. The molecule has 1 saturated heterocycles. The Bertz CT molecular complexity index is 467. The summed E-state index contributed by atoms with van der Waals surface area (Å²) in [5.74, 6) is 0.810. The fraction of sp³-hybridized carbons (Fsp3) is 0.583. The molecule has 2 atom stereocenters. The van der Waals surface area contributed by atoms with Crippen molar-refractivity contribution < 1.29 is 4.74 Å². The molecule has 6 heteroatoms. The summed E-state index contributed by atoms with van der Waals surface area (Å²) >= 11 is 5.06. The van der Waals surface area contributed by atoms with Crippen LogP contribution >= 0.6 is 12.2 Å². The number of thiocarbonyl (C=S) groups is 1. The third-order valence-corrected chi connectivity index (χ3v) is 3.86. The molecule has 0 spiro atoms. The highest BCUT2D eigenvalue weighted by Crippen LogP contribution is 2.33. The Kier molecular flexibility index (Phi) is 3.13. The number of rotatable bonds is 2. The van der Waals surface area contributed by atoms with Crippen molar-refractivity contribution in [3.63, 3.8) is 0 Å². The summed E-state index contributed by atoms with van der Waals surface area (Å²) in [5, 5.41) is 0. The van der Waals surface area contributed by atoms with E-state index < -0.39 is 0 Å². The fourth-order valence-corrected chi connectivity index (χ4v) is 3.05. The highest BCUT2D eigenvalue weighted by Gasteiger charge is 2.37. The molecule has 2 unspecified atom stereocenters. The van der Waals surface area contributed by atoms with Gasteiger partial charge in [-0.25, -0.2) is 9.97 Å². The molecule has 2 heterocycles. The minimum atomic E-state index is 0.305. The smallest absolute Gasteiger partial charge is 0.158 e. The monoisotopic (exact) mass is 264 g/mol. The average Bonchev–Trinajstić information content (AvgIpc) is 2.86. The number of hydrogen-bond donors (Lipinski definition) is 1. The van der Waals surface area contributed by atoms with Gasteiger partial charge >= 0.3 is 0 Å². The van der Waals surface area contributed by atoms with Crippen LogP contribution in [0.3, 0.4) is 0 Å². The van der Waals surface area contributed by atoms with Gasteiger partial charge in [-0.3, -0.25) is 0 Å². The van der Waals surface area contributed by atoms with Crippen LogP contribution in [-0.4, -0.2) is 40.3 Å². The molecule has 2 aliphatic rings. The van der Waals surface area contributed by atoms with Crippen LogP contribution in [0.25, 0.3) is 0 Å². The topological polar surface area (TPSA) is 64.3 Å². The first-order chi connectivity index (χ1) is 8.77. The summed E-state index contributed by atoms with van der Waals surface area (Å²) in [7, 11) is 0. The molecular weight excluding hydrogens is 248 g/mol. The van der Waals surface area contributed by atoms with Gasteiger partial charge in [0.15, 0.2) is 5.82 Å². The number of nitrogens with two attached hydrogens (primary N) is 1. The van der Waals surface area contributed by atoms with Crippen molar-refractivity contribution in [1.29, 1.82) is 0 Å². The molecule has 3 rings (SSSR count). The highest BCUT2D eigenvalue weighted by molar-refractivity contribution is 7.80. The van der Waals surface area contributed by atoms with E-state index in [0.29, 0.717) is 22.8 Å². The van der Waals surface area contributed by atoms with E-state index in [1.165, 1.54) is 6.42 Å². The van der Waals surface area contributed by atoms with Crippen molar-refractivity contribution in [2.24, 2.45) is 5.73 Å². The van der Waals surface area contributed by atoms with E-state index in [9.17, 15) is 0 Å². The van der Waals surface area contributed by atoms with Gasteiger partial charge in [0, 0.05) is 18.9 Å². The zero-order valence-corrected chi connectivity index (χ0v) is 10.9. The third kappa shape index (κ3) is 1.95. The first-order valence-corrected chi connectivity index (χ1v) is 6.67. The van der Waals surface area contributed by atoms with Gasteiger partial charge in [0.25, 0.3) is 0 Å². The van der Waals surface area contributed by atoms with E-state index in [2.05, 4.69) is 14.9 Å². The van der Waals surface area contributed by atoms with Crippen molar-refractivity contribution >= 4 is 23.0 Å². The van der Waals surface area contributed by atoms with Crippen LogP contribution in [0.2, 0.25) is 0 Å². The number of aromatic nitrogens is 2.